The molecular formula is C11H12N2. The van der Waals surface area contributed by atoms with Crippen molar-refractivity contribution < 1.29 is 0 Å². The second-order valence-corrected chi connectivity index (χ2v) is 2.82. The van der Waals surface area contributed by atoms with Gasteiger partial charge in [0.05, 0.1) is 11.6 Å². The summed E-state index contributed by atoms with van der Waals surface area (Å²) in [5, 5.41) is 11.8. The summed E-state index contributed by atoms with van der Waals surface area (Å²) >= 11 is 0. The zero-order chi connectivity index (χ0) is 9.84. The number of hydrogen-bond acceptors (Lipinski definition) is 2. The van der Waals surface area contributed by atoms with Crippen molar-refractivity contribution in [2.45, 2.75) is 6.92 Å². The molecule has 0 fully saturated rings. The average Bonchev–Trinajstić information content (AvgIpc) is 2.16. The molecule has 0 aromatic heterocycles. The van der Waals surface area contributed by atoms with Crippen molar-refractivity contribution in [1.29, 1.82) is 5.26 Å². The molecule has 1 aromatic carbocycles. The third kappa shape index (κ3) is 1.70. The van der Waals surface area contributed by atoms with Crippen LogP contribution >= 0.6 is 0 Å². The lowest BCUT2D eigenvalue weighted by Crippen LogP contribution is -1.95. The van der Waals surface area contributed by atoms with Crippen molar-refractivity contribution >= 4 is 11.8 Å². The topological polar surface area (TPSA) is 35.8 Å². The molecule has 2 nitrogen and oxygen atoms in total. The molecule has 0 aliphatic rings. The fourth-order valence-corrected chi connectivity index (χ4v) is 1.38. The van der Waals surface area contributed by atoms with Gasteiger partial charge in [-0.2, -0.15) is 5.26 Å². The van der Waals surface area contributed by atoms with E-state index in [0.717, 1.165) is 16.8 Å². The Hall–Kier alpha value is -1.75. The highest BCUT2D eigenvalue weighted by atomic mass is 14.8. The van der Waals surface area contributed by atoms with Crippen LogP contribution in [-0.2, 0) is 0 Å². The van der Waals surface area contributed by atoms with Crippen LogP contribution in [0.2, 0.25) is 0 Å². The number of nitrogens with one attached hydrogen (secondary N) is 1. The van der Waals surface area contributed by atoms with Gasteiger partial charge in [0.15, 0.2) is 0 Å². The first-order chi connectivity index (χ1) is 6.22. The van der Waals surface area contributed by atoms with Crippen LogP contribution in [0.15, 0.2) is 18.7 Å². The summed E-state index contributed by atoms with van der Waals surface area (Å²) in [5.74, 6) is 0. The van der Waals surface area contributed by atoms with Crippen molar-refractivity contribution in [2.75, 3.05) is 12.4 Å². The van der Waals surface area contributed by atoms with Gasteiger partial charge in [0, 0.05) is 12.7 Å². The Balaban J connectivity index is 3.39. The molecule has 0 aliphatic carbocycles. The van der Waals surface area contributed by atoms with Gasteiger partial charge in [-0.05, 0) is 30.2 Å². The van der Waals surface area contributed by atoms with Gasteiger partial charge < -0.3 is 5.32 Å². The monoisotopic (exact) mass is 172 g/mol. The van der Waals surface area contributed by atoms with Crippen LogP contribution in [0.5, 0.6) is 0 Å². The van der Waals surface area contributed by atoms with Gasteiger partial charge in [0.25, 0.3) is 0 Å². The SMILES string of the molecule is C=Cc1cc(C#N)cc(C)c1NC. The average molecular weight is 172 g/mol. The predicted molar refractivity (Wildman–Crippen MR) is 55.5 cm³/mol. The molecule has 2 heteroatoms. The van der Waals surface area contributed by atoms with E-state index in [-0.39, 0.29) is 0 Å². The highest BCUT2D eigenvalue weighted by molar-refractivity contribution is 5.70. The number of hydrogen-bond donors (Lipinski definition) is 1. The van der Waals surface area contributed by atoms with Gasteiger partial charge in [-0.25, -0.2) is 0 Å². The van der Waals surface area contributed by atoms with Crippen molar-refractivity contribution in [2.24, 2.45) is 0 Å². The molecule has 0 heterocycles. The van der Waals surface area contributed by atoms with Crippen LogP contribution in [0.25, 0.3) is 6.08 Å². The standard InChI is InChI=1S/C11H12N2/c1-4-10-6-9(7-12)5-8(2)11(10)13-3/h4-6,13H,1H2,2-3H3. The minimum absolute atomic E-state index is 0.673. The fraction of sp³-hybridized carbons (Fsp3) is 0.182. The maximum Gasteiger partial charge on any atom is 0.0991 e. The van der Waals surface area contributed by atoms with E-state index >= 15 is 0 Å². The van der Waals surface area contributed by atoms with Crippen LogP contribution in [0, 0.1) is 18.3 Å². The van der Waals surface area contributed by atoms with Gasteiger partial charge in [-0.15, -0.1) is 0 Å². The number of rotatable bonds is 2. The molecule has 0 radical (unpaired) electrons. The van der Waals surface area contributed by atoms with Crippen LogP contribution in [0.4, 0.5) is 5.69 Å². The number of aryl methyl sites for hydroxylation is 1. The molecule has 13 heavy (non-hydrogen) atoms. The normalized spacial score (nSPS) is 9.00. The highest BCUT2D eigenvalue weighted by Gasteiger charge is 2.03. The first-order valence-electron chi connectivity index (χ1n) is 4.08. The van der Waals surface area contributed by atoms with E-state index in [1.54, 1.807) is 6.08 Å². The number of benzene rings is 1. The van der Waals surface area contributed by atoms with Crippen molar-refractivity contribution in [3.8, 4) is 6.07 Å². The minimum Gasteiger partial charge on any atom is -0.387 e. The van der Waals surface area contributed by atoms with Gasteiger partial charge >= 0.3 is 0 Å². The lowest BCUT2D eigenvalue weighted by Gasteiger charge is -2.09. The summed E-state index contributed by atoms with van der Waals surface area (Å²) in [5.41, 5.74) is 3.75. The first-order valence-corrected chi connectivity index (χ1v) is 4.08. The summed E-state index contributed by atoms with van der Waals surface area (Å²) in [6.07, 6.45) is 1.75. The van der Waals surface area contributed by atoms with Crippen molar-refractivity contribution in [3.05, 3.63) is 35.4 Å². The van der Waals surface area contributed by atoms with E-state index in [2.05, 4.69) is 18.0 Å². The van der Waals surface area contributed by atoms with Crippen molar-refractivity contribution in [3.63, 3.8) is 0 Å². The molecule has 0 aliphatic heterocycles. The van der Waals surface area contributed by atoms with Gasteiger partial charge in [-0.1, -0.05) is 12.7 Å². The molecule has 66 valence electrons. The number of anilines is 1. The highest BCUT2D eigenvalue weighted by Crippen LogP contribution is 2.22. The zero-order valence-electron chi connectivity index (χ0n) is 7.89. The summed E-state index contributed by atoms with van der Waals surface area (Å²) in [6, 6.07) is 5.80. The molecule has 0 bridgehead atoms. The second-order valence-electron chi connectivity index (χ2n) is 2.82. The van der Waals surface area contributed by atoms with Crippen LogP contribution in [0.3, 0.4) is 0 Å². The lowest BCUT2D eigenvalue weighted by molar-refractivity contribution is 1.37. The molecule has 0 saturated heterocycles. The first kappa shape index (κ1) is 9.34. The Kier molecular flexibility index (Phi) is 2.71. The maximum atomic E-state index is 8.74. The molecule has 1 N–H and O–H groups in total. The molecular weight excluding hydrogens is 160 g/mol. The van der Waals surface area contributed by atoms with E-state index in [4.69, 9.17) is 5.26 Å². The fourth-order valence-electron chi connectivity index (χ4n) is 1.38. The molecule has 0 unspecified atom stereocenters. The Labute approximate surface area is 78.5 Å². The predicted octanol–water partition coefficient (Wildman–Crippen LogP) is 2.55. The molecule has 1 rings (SSSR count). The molecule has 0 atom stereocenters. The van der Waals surface area contributed by atoms with Crippen LogP contribution < -0.4 is 5.32 Å². The smallest absolute Gasteiger partial charge is 0.0991 e. The minimum atomic E-state index is 0.673. The summed E-state index contributed by atoms with van der Waals surface area (Å²) in [6.45, 7) is 5.68. The quantitative estimate of drug-likeness (QED) is 0.744. The number of nitrogens with zero attached hydrogens (tertiary/aromatic N) is 1. The van der Waals surface area contributed by atoms with Crippen LogP contribution in [-0.4, -0.2) is 7.05 Å². The van der Waals surface area contributed by atoms with E-state index < -0.39 is 0 Å². The third-order valence-corrected chi connectivity index (χ3v) is 1.97. The molecule has 0 saturated carbocycles. The summed E-state index contributed by atoms with van der Waals surface area (Å²) in [4.78, 5) is 0. The van der Waals surface area contributed by atoms with Crippen LogP contribution in [0.1, 0.15) is 16.7 Å². The Morgan fingerprint density at radius 1 is 1.54 bits per heavy atom. The van der Waals surface area contributed by atoms with Gasteiger partial charge in [-0.3, -0.25) is 0 Å². The Bertz CT molecular complexity index is 372. The third-order valence-electron chi connectivity index (χ3n) is 1.97. The molecule has 0 amide bonds. The number of nitriles is 1. The van der Waals surface area contributed by atoms with E-state index in [1.807, 2.05) is 26.1 Å². The van der Waals surface area contributed by atoms with Gasteiger partial charge in [0.1, 0.15) is 0 Å². The van der Waals surface area contributed by atoms with Gasteiger partial charge in [0.2, 0.25) is 0 Å². The van der Waals surface area contributed by atoms with E-state index in [9.17, 15) is 0 Å². The second kappa shape index (κ2) is 3.77. The Morgan fingerprint density at radius 3 is 2.69 bits per heavy atom. The zero-order valence-corrected chi connectivity index (χ0v) is 7.89. The molecule has 0 spiro atoms. The van der Waals surface area contributed by atoms with Crippen molar-refractivity contribution in [1.82, 2.24) is 0 Å². The summed E-state index contributed by atoms with van der Waals surface area (Å²) < 4.78 is 0. The molecule has 1 aromatic rings. The summed E-state index contributed by atoms with van der Waals surface area (Å²) in [7, 11) is 1.86. The maximum absolute atomic E-state index is 8.74. The largest absolute Gasteiger partial charge is 0.387 e. The lowest BCUT2D eigenvalue weighted by atomic mass is 10.0. The Morgan fingerprint density at radius 2 is 2.23 bits per heavy atom. The van der Waals surface area contributed by atoms with E-state index in [0.29, 0.717) is 5.56 Å². The van der Waals surface area contributed by atoms with E-state index in [1.165, 1.54) is 0 Å².